The summed E-state index contributed by atoms with van der Waals surface area (Å²) < 4.78 is 51.5. The molecule has 17 heteroatoms. The van der Waals surface area contributed by atoms with E-state index in [4.69, 9.17) is 23.9 Å². The third kappa shape index (κ3) is 9.62. The number of alkyl carbamates (subject to hydrolysis) is 1. The van der Waals surface area contributed by atoms with E-state index in [1.807, 2.05) is 79.7 Å². The number of aromatic nitrogens is 1. The molecule has 3 heterocycles. The Morgan fingerprint density at radius 3 is 2.50 bits per heavy atom. The van der Waals surface area contributed by atoms with Gasteiger partial charge in [0.25, 0.3) is 5.91 Å². The van der Waals surface area contributed by atoms with E-state index in [0.29, 0.717) is 42.5 Å². The van der Waals surface area contributed by atoms with Crippen LogP contribution < -0.4 is 29.7 Å². The quantitative estimate of drug-likeness (QED) is 0.262. The summed E-state index contributed by atoms with van der Waals surface area (Å²) in [6, 6.07) is 12.9. The number of fused-ring (bicyclic) bond motifs is 3. The number of amides is 4. The van der Waals surface area contributed by atoms with E-state index in [1.165, 1.54) is 4.90 Å². The van der Waals surface area contributed by atoms with E-state index in [1.54, 1.807) is 27.9 Å². The van der Waals surface area contributed by atoms with Gasteiger partial charge in [0.1, 0.15) is 35.1 Å². The highest BCUT2D eigenvalue weighted by Gasteiger charge is 2.62. The molecule has 322 valence electrons. The lowest BCUT2D eigenvalue weighted by Crippen LogP contribution is -2.59. The van der Waals surface area contributed by atoms with E-state index in [-0.39, 0.29) is 38.5 Å². The van der Waals surface area contributed by atoms with Crippen molar-refractivity contribution in [3.8, 4) is 22.9 Å². The molecule has 16 nitrogen and oxygen atoms in total. The summed E-state index contributed by atoms with van der Waals surface area (Å²) in [7, 11) is 1.56. The molecule has 3 N–H and O–H groups in total. The predicted molar refractivity (Wildman–Crippen MR) is 224 cm³/mol. The van der Waals surface area contributed by atoms with Gasteiger partial charge in [0, 0.05) is 49.7 Å². The van der Waals surface area contributed by atoms with Crippen molar-refractivity contribution < 1.29 is 46.5 Å². The summed E-state index contributed by atoms with van der Waals surface area (Å²) in [5.41, 5.74) is -0.0262. The zero-order chi connectivity index (χ0) is 43.0. The molecule has 5 atom stereocenters. The second-order valence-electron chi connectivity index (χ2n) is 17.1. The summed E-state index contributed by atoms with van der Waals surface area (Å²) in [5, 5.41) is 6.42. The maximum atomic E-state index is 14.6. The molecule has 2 aromatic carbocycles. The number of ether oxygens (including phenoxy) is 4. The Bertz CT molecular complexity index is 2270. The van der Waals surface area contributed by atoms with Crippen molar-refractivity contribution in [2.75, 3.05) is 45.9 Å². The van der Waals surface area contributed by atoms with Gasteiger partial charge < -0.3 is 39.4 Å². The molecule has 3 aromatic rings. The highest BCUT2D eigenvalue weighted by molar-refractivity contribution is 7.91. The fraction of sp³-hybridized carbons (Fsp3) is 0.512. The summed E-state index contributed by atoms with van der Waals surface area (Å²) in [6.07, 6.45) is 4.26. The van der Waals surface area contributed by atoms with E-state index in [2.05, 4.69) is 15.4 Å². The maximum absolute atomic E-state index is 14.6. The van der Waals surface area contributed by atoms with Crippen LogP contribution >= 0.6 is 0 Å². The molecule has 0 spiro atoms. The van der Waals surface area contributed by atoms with E-state index in [9.17, 15) is 27.6 Å². The van der Waals surface area contributed by atoms with Crippen LogP contribution in [-0.4, -0.2) is 118 Å². The average molecular weight is 847 g/mol. The second kappa shape index (κ2) is 16.9. The summed E-state index contributed by atoms with van der Waals surface area (Å²) in [4.78, 5) is 64.4. The van der Waals surface area contributed by atoms with Crippen molar-refractivity contribution in [2.45, 2.75) is 93.9 Å². The van der Waals surface area contributed by atoms with Crippen molar-refractivity contribution in [3.05, 3.63) is 60.7 Å². The van der Waals surface area contributed by atoms with Gasteiger partial charge in [0.05, 0.1) is 31.2 Å². The van der Waals surface area contributed by atoms with Gasteiger partial charge in [-0.25, -0.2) is 18.2 Å². The minimum absolute atomic E-state index is 0.0120. The molecular weight excluding hydrogens is 793 g/mol. The fourth-order valence-electron chi connectivity index (χ4n) is 7.58. The van der Waals surface area contributed by atoms with Crippen LogP contribution in [0.4, 0.5) is 10.5 Å². The van der Waals surface area contributed by atoms with Crippen LogP contribution in [0.3, 0.4) is 0 Å². The topological polar surface area (TPSA) is 195 Å². The average Bonchev–Trinajstić information content (AvgIpc) is 4.12. The highest BCUT2D eigenvalue weighted by Crippen LogP contribution is 2.46. The van der Waals surface area contributed by atoms with Crippen molar-refractivity contribution in [2.24, 2.45) is 5.92 Å². The molecule has 1 aromatic heterocycles. The Kier molecular flexibility index (Phi) is 12.0. The molecule has 0 bridgehead atoms. The lowest BCUT2D eigenvalue weighted by molar-refractivity contribution is -0.142. The molecule has 3 fully saturated rings. The number of carbonyl (C=O) groups excluding carboxylic acids is 4. The lowest BCUT2D eigenvalue weighted by atomic mass is 10.1. The van der Waals surface area contributed by atoms with Crippen LogP contribution in [0.5, 0.6) is 11.6 Å². The molecule has 1 saturated heterocycles. The Balaban J connectivity index is 1.24. The van der Waals surface area contributed by atoms with Gasteiger partial charge in [0.2, 0.25) is 27.7 Å². The Labute approximate surface area is 350 Å². The predicted octanol–water partition coefficient (Wildman–Crippen LogP) is 4.07. The van der Waals surface area contributed by atoms with E-state index in [0.717, 1.165) is 16.6 Å². The highest BCUT2D eigenvalue weighted by atomic mass is 32.2. The van der Waals surface area contributed by atoms with Crippen LogP contribution in [-0.2, 0) is 33.9 Å². The number of nitrogens with one attached hydrogen (secondary N) is 3. The summed E-state index contributed by atoms with van der Waals surface area (Å²) >= 11 is 0. The number of nitrogens with zero attached hydrogens (tertiary/aromatic N) is 3. The number of carbonyl (C=O) groups is 4. The standard InChI is InChI=1S/C43H54N6O10S/c1-42(2,3)59-41(53)45-35-25-57-19-9-7-8-10-28-23-43(28,40(52)47-60(54,55)32-16-17-32)46-37(50)36-22-31(24-49(36)39(35)51)58-38-33-18-13-29(48(4)5)20-27(33)21-34(44-38)26-11-14-30(56-6)15-12-26/h8,10-15,18,20-21,28,31-32,35-36H,7,9,16-17,19,22-25H2,1-6H3,(H,45,53)(H,46,50)(H,47,52)/b10-8-/t28-,31?,35+,36+,43-/m1/s1. The minimum Gasteiger partial charge on any atom is -0.497 e. The van der Waals surface area contributed by atoms with Crippen molar-refractivity contribution in [1.29, 1.82) is 0 Å². The SMILES string of the molecule is COc1ccc(-c2cc3cc(N(C)C)ccc3c(OC3C[C@H]4C(=O)N[C@]5(C(=O)NS(=O)(=O)C6CC6)C[C@H]5/C=C\CCCOC[C@H](NC(=O)OC(C)(C)C)C(=O)N4C3)n2)cc1. The molecule has 1 unspecified atom stereocenters. The molecular formula is C43H54N6O10S. The first kappa shape index (κ1) is 42.7. The van der Waals surface area contributed by atoms with Crippen LogP contribution in [0.25, 0.3) is 22.0 Å². The Hall–Kier alpha value is -5.42. The zero-order valence-corrected chi connectivity index (χ0v) is 35.7. The number of allylic oxidation sites excluding steroid dienone is 1. The number of pyridine rings is 1. The number of hydrogen-bond donors (Lipinski definition) is 3. The van der Waals surface area contributed by atoms with Crippen molar-refractivity contribution >= 4 is 50.3 Å². The van der Waals surface area contributed by atoms with Gasteiger partial charge in [-0.05, 0) is 107 Å². The number of methoxy groups -OCH3 is 1. The molecule has 4 aliphatic rings. The molecule has 4 amide bonds. The first-order chi connectivity index (χ1) is 28.5. The van der Waals surface area contributed by atoms with Gasteiger partial charge in [-0.1, -0.05) is 12.2 Å². The Morgan fingerprint density at radius 1 is 1.07 bits per heavy atom. The van der Waals surface area contributed by atoms with Crippen LogP contribution in [0, 0.1) is 5.92 Å². The fourth-order valence-corrected chi connectivity index (χ4v) is 8.94. The zero-order valence-electron chi connectivity index (χ0n) is 34.9. The third-order valence-electron chi connectivity index (χ3n) is 11.1. The molecule has 2 aliphatic carbocycles. The number of benzene rings is 2. The summed E-state index contributed by atoms with van der Waals surface area (Å²) in [6.45, 7) is 5.07. The second-order valence-corrected chi connectivity index (χ2v) is 19.1. The van der Waals surface area contributed by atoms with Crippen LogP contribution in [0.1, 0.15) is 59.3 Å². The number of hydrogen-bond acceptors (Lipinski definition) is 12. The first-order valence-corrected chi connectivity index (χ1v) is 21.9. The van der Waals surface area contributed by atoms with Crippen molar-refractivity contribution in [1.82, 2.24) is 25.2 Å². The third-order valence-corrected chi connectivity index (χ3v) is 12.9. The largest absolute Gasteiger partial charge is 0.497 e. The van der Waals surface area contributed by atoms with Gasteiger partial charge in [-0.15, -0.1) is 0 Å². The molecule has 60 heavy (non-hydrogen) atoms. The van der Waals surface area contributed by atoms with E-state index >= 15 is 0 Å². The molecule has 0 radical (unpaired) electrons. The first-order valence-electron chi connectivity index (χ1n) is 20.3. The minimum atomic E-state index is -3.93. The number of rotatable bonds is 9. The molecule has 2 aliphatic heterocycles. The lowest BCUT2D eigenvalue weighted by Gasteiger charge is -2.30. The monoisotopic (exact) mass is 846 g/mol. The molecule has 2 saturated carbocycles. The normalized spacial score (nSPS) is 25.4. The maximum Gasteiger partial charge on any atom is 0.408 e. The van der Waals surface area contributed by atoms with Crippen molar-refractivity contribution in [3.63, 3.8) is 0 Å². The van der Waals surface area contributed by atoms with Gasteiger partial charge in [-0.2, -0.15) is 0 Å². The molecule has 7 rings (SSSR count). The van der Waals surface area contributed by atoms with Gasteiger partial charge >= 0.3 is 6.09 Å². The Morgan fingerprint density at radius 2 is 1.82 bits per heavy atom. The van der Waals surface area contributed by atoms with Crippen LogP contribution in [0.2, 0.25) is 0 Å². The number of sulfonamides is 1. The van der Waals surface area contributed by atoms with Crippen LogP contribution in [0.15, 0.2) is 60.7 Å². The number of anilines is 1. The smallest absolute Gasteiger partial charge is 0.408 e. The van der Waals surface area contributed by atoms with Gasteiger partial charge in [0.15, 0.2) is 0 Å². The van der Waals surface area contributed by atoms with E-state index < -0.39 is 74.3 Å². The summed E-state index contributed by atoms with van der Waals surface area (Å²) in [5.74, 6) is -1.63. The van der Waals surface area contributed by atoms with Gasteiger partial charge in [-0.3, -0.25) is 19.1 Å².